The van der Waals surface area contributed by atoms with Crippen molar-refractivity contribution in [1.29, 1.82) is 0 Å². The molecule has 2 N–H and O–H groups in total. The summed E-state index contributed by atoms with van der Waals surface area (Å²) in [5.74, 6) is 0. The molecule has 0 saturated heterocycles. The molecule has 2 heterocycles. The van der Waals surface area contributed by atoms with E-state index in [4.69, 9.17) is 18.6 Å². The number of aliphatic imine (C=N–C) groups is 2. The van der Waals surface area contributed by atoms with E-state index in [2.05, 4.69) is 89.9 Å². The van der Waals surface area contributed by atoms with Crippen molar-refractivity contribution >= 4 is 11.4 Å². The number of halogens is 1. The average Bonchev–Trinajstić information content (AvgIpc) is 2.14. The summed E-state index contributed by atoms with van der Waals surface area (Å²) in [6, 6.07) is 0. The van der Waals surface area contributed by atoms with Crippen molar-refractivity contribution in [3.8, 4) is 0 Å². The molecule has 0 radical (unpaired) electrons. The van der Waals surface area contributed by atoms with Gasteiger partial charge in [0, 0.05) is 35.3 Å². The first-order chi connectivity index (χ1) is 11.6. The van der Waals surface area contributed by atoms with Crippen LogP contribution in [0, 0.1) is 10.2 Å². The summed E-state index contributed by atoms with van der Waals surface area (Å²) in [7, 11) is -4.94. The van der Waals surface area contributed by atoms with Crippen LogP contribution in [0.25, 0.3) is 0 Å². The summed E-state index contributed by atoms with van der Waals surface area (Å²) in [5.41, 5.74) is 2.75. The van der Waals surface area contributed by atoms with Crippen molar-refractivity contribution in [3.63, 3.8) is 0 Å². The van der Waals surface area contributed by atoms with Crippen LogP contribution in [0.3, 0.4) is 0 Å². The Morgan fingerprint density at radius 2 is 0.893 bits per heavy atom. The van der Waals surface area contributed by atoms with E-state index in [1.807, 2.05) is 0 Å². The maximum absolute atomic E-state index is 8.49. The normalized spacial score (nSPS) is 24.1. The quantitative estimate of drug-likeness (QED) is 0.345. The molecule has 0 aromatic heterocycles. The van der Waals surface area contributed by atoms with Gasteiger partial charge in [-0.2, -0.15) is 0 Å². The monoisotopic (exact) mass is 604 g/mol. The van der Waals surface area contributed by atoms with E-state index >= 15 is 0 Å². The number of nitrogens with zero attached hydrogens (tertiary/aromatic N) is 2. The van der Waals surface area contributed by atoms with Crippen LogP contribution in [0.1, 0.15) is 82.1 Å². The zero-order chi connectivity index (χ0) is 21.9. The number of rotatable bonds is 0. The molecule has 2 aliphatic heterocycles. The van der Waals surface area contributed by atoms with Crippen LogP contribution < -0.4 is 29.3 Å². The Morgan fingerprint density at radius 1 is 0.679 bits per heavy atom. The summed E-state index contributed by atoms with van der Waals surface area (Å²) in [6.07, 6.45) is 2.10. The molecular formula is C18H36AuClN4O4. The molecule has 0 atom stereocenters. The van der Waals surface area contributed by atoms with Crippen LogP contribution in [0.15, 0.2) is 9.98 Å². The van der Waals surface area contributed by atoms with Crippen molar-refractivity contribution in [2.45, 2.75) is 104 Å². The Morgan fingerprint density at radius 3 is 1.04 bits per heavy atom. The molecule has 0 spiro atoms. The van der Waals surface area contributed by atoms with Gasteiger partial charge >= 0.3 is 22.4 Å². The van der Waals surface area contributed by atoms with Crippen molar-refractivity contribution in [2.75, 3.05) is 0 Å². The second kappa shape index (κ2) is 10.4. The van der Waals surface area contributed by atoms with Crippen LogP contribution >= 0.6 is 0 Å². The summed E-state index contributed by atoms with van der Waals surface area (Å²) < 4.78 is 34.0. The van der Waals surface area contributed by atoms with E-state index in [1.54, 1.807) is 0 Å². The van der Waals surface area contributed by atoms with Crippen LogP contribution in [-0.4, -0.2) is 33.8 Å². The molecule has 170 valence electrons. The van der Waals surface area contributed by atoms with E-state index < -0.39 is 10.2 Å². The third kappa shape index (κ3) is 16.0. The summed E-state index contributed by atoms with van der Waals surface area (Å²) in [6.45, 7) is 21.5. The largest absolute Gasteiger partial charge is 1.00 e. The Labute approximate surface area is 187 Å². The first kappa shape index (κ1) is 30.3. The van der Waals surface area contributed by atoms with Crippen molar-refractivity contribution in [2.24, 2.45) is 9.98 Å². The van der Waals surface area contributed by atoms with Gasteiger partial charge in [-0.05, 0) is 69.2 Å². The maximum atomic E-state index is 8.49. The minimum absolute atomic E-state index is 0. The molecular weight excluding hydrogens is 569 g/mol. The molecule has 0 bridgehead atoms. The van der Waals surface area contributed by atoms with Gasteiger partial charge in [0.1, 0.15) is 11.3 Å². The first-order valence-corrected chi connectivity index (χ1v) is 10.2. The second-order valence-electron chi connectivity index (χ2n) is 9.56. The van der Waals surface area contributed by atoms with Crippen LogP contribution in [0.5, 0.6) is 0 Å². The van der Waals surface area contributed by atoms with E-state index in [1.165, 1.54) is 11.4 Å². The number of hydrogen-bond donors (Lipinski definition) is 2. The Kier molecular flexibility index (Phi) is 11.3. The molecule has 2 rings (SSSR count). The van der Waals surface area contributed by atoms with Crippen molar-refractivity contribution in [1.82, 2.24) is 10.6 Å². The Bertz CT molecular complexity index is 520. The van der Waals surface area contributed by atoms with Crippen molar-refractivity contribution < 1.29 is 51.3 Å². The smallest absolute Gasteiger partial charge is 0.288 e. The molecule has 0 unspecified atom stereocenters. The molecule has 0 aromatic carbocycles. The van der Waals surface area contributed by atoms with Gasteiger partial charge < -0.3 is 0 Å². The first-order valence-electron chi connectivity index (χ1n) is 8.93. The van der Waals surface area contributed by atoms with Crippen LogP contribution in [0.2, 0.25) is 0 Å². The topological polar surface area (TPSA) is 141 Å². The van der Waals surface area contributed by atoms with Gasteiger partial charge in [0.25, 0.3) is 0 Å². The molecule has 0 aliphatic carbocycles. The number of hydrogen-bond acceptors (Lipinski definition) is 8. The van der Waals surface area contributed by atoms with Crippen molar-refractivity contribution in [3.05, 3.63) is 0 Å². The molecule has 28 heavy (non-hydrogen) atoms. The van der Waals surface area contributed by atoms with Gasteiger partial charge in [-0.3, -0.25) is 20.6 Å². The third-order valence-corrected chi connectivity index (χ3v) is 3.62. The average molecular weight is 605 g/mol. The van der Waals surface area contributed by atoms with E-state index in [-0.39, 0.29) is 44.8 Å². The fraction of sp³-hybridized carbons (Fsp3) is 0.889. The van der Waals surface area contributed by atoms with E-state index in [0.717, 1.165) is 12.8 Å². The molecule has 10 heteroatoms. The summed E-state index contributed by atoms with van der Waals surface area (Å²) in [5, 5.41) is 6.95. The van der Waals surface area contributed by atoms with Gasteiger partial charge in [0.15, 0.2) is 0 Å². The Balaban J connectivity index is 0. The molecule has 0 fully saturated rings. The molecule has 0 saturated carbocycles. The van der Waals surface area contributed by atoms with E-state index in [9.17, 15) is 0 Å². The fourth-order valence-corrected chi connectivity index (χ4v) is 4.11. The zero-order valence-corrected chi connectivity index (χ0v) is 21.5. The standard InChI is InChI=1S/2C9H18N2.Au.ClHO4/c2*1-7-6-8(2,3)11-9(4,5)10-7;;2-1(3,4)5/h2*11H,6H2,1-5H3;;(H,2,3,4,5)/q;;+1;/p-1. The Hall–Kier alpha value is 0.130. The molecule has 2 aliphatic rings. The molecule has 8 nitrogen and oxygen atoms in total. The minimum Gasteiger partial charge on any atom is -0.288 e. The fourth-order valence-electron chi connectivity index (χ4n) is 4.11. The predicted octanol–water partition coefficient (Wildman–Crippen LogP) is -0.848. The second-order valence-corrected chi connectivity index (χ2v) is 10.3. The SMILES string of the molecule is CC1=NC(C)(C)NC(C)(C)C1.CC1=NC(C)(C)NC(C)(C)C1.[Au+].[O-][Cl+3]([O-])([O-])[O-]. The van der Waals surface area contributed by atoms with Crippen LogP contribution in [0.4, 0.5) is 0 Å². The van der Waals surface area contributed by atoms with E-state index in [0.29, 0.717) is 0 Å². The van der Waals surface area contributed by atoms with Gasteiger partial charge in [0.05, 0.1) is 0 Å². The minimum atomic E-state index is -4.94. The van der Waals surface area contributed by atoms with Crippen LogP contribution in [-0.2, 0) is 22.4 Å². The van der Waals surface area contributed by atoms with Gasteiger partial charge in [-0.15, -0.1) is 10.2 Å². The zero-order valence-electron chi connectivity index (χ0n) is 18.6. The number of nitrogens with one attached hydrogen (secondary N) is 2. The third-order valence-electron chi connectivity index (χ3n) is 3.62. The molecule has 0 aromatic rings. The maximum Gasteiger partial charge on any atom is 1.00 e. The van der Waals surface area contributed by atoms with Gasteiger partial charge in [-0.1, -0.05) is 0 Å². The van der Waals surface area contributed by atoms with Gasteiger partial charge in [-0.25, -0.2) is 18.6 Å². The summed E-state index contributed by atoms with van der Waals surface area (Å²) >= 11 is 0. The summed E-state index contributed by atoms with van der Waals surface area (Å²) in [4.78, 5) is 9.03. The predicted molar refractivity (Wildman–Crippen MR) is 98.0 cm³/mol. The molecule has 0 amide bonds. The van der Waals surface area contributed by atoms with Gasteiger partial charge in [0.2, 0.25) is 0 Å².